The maximum absolute atomic E-state index is 13.0. The van der Waals surface area contributed by atoms with Gasteiger partial charge in [-0.15, -0.1) is 11.8 Å². The summed E-state index contributed by atoms with van der Waals surface area (Å²) in [7, 11) is 0. The van der Waals surface area contributed by atoms with Gasteiger partial charge in [0.1, 0.15) is 5.82 Å². The second-order valence-corrected chi connectivity index (χ2v) is 8.42. The van der Waals surface area contributed by atoms with Crippen molar-refractivity contribution in [3.05, 3.63) is 53.8 Å². The third-order valence-corrected chi connectivity index (χ3v) is 6.64. The van der Waals surface area contributed by atoms with E-state index in [2.05, 4.69) is 34.7 Å². The number of thioether (sulfide) groups is 1. The number of anilines is 1. The zero-order valence-corrected chi connectivity index (χ0v) is 17.2. The van der Waals surface area contributed by atoms with Crippen molar-refractivity contribution in [1.29, 1.82) is 0 Å². The number of fused-ring (bicyclic) bond motifs is 1. The van der Waals surface area contributed by atoms with Gasteiger partial charge in [-0.25, -0.2) is 14.2 Å². The third kappa shape index (κ3) is 4.07. The second-order valence-electron chi connectivity index (χ2n) is 6.56. The summed E-state index contributed by atoms with van der Waals surface area (Å²) in [5, 5.41) is 3.93. The van der Waals surface area contributed by atoms with Gasteiger partial charge in [-0.3, -0.25) is 0 Å². The molecule has 3 aromatic rings. The largest absolute Gasteiger partial charge is 0.345 e. The molecule has 1 N–H and O–H groups in total. The Kier molecular flexibility index (Phi) is 5.68. The maximum Gasteiger partial charge on any atom is 0.317 e. The fourth-order valence-electron chi connectivity index (χ4n) is 3.20. The van der Waals surface area contributed by atoms with Crippen molar-refractivity contribution in [3.8, 4) is 0 Å². The van der Waals surface area contributed by atoms with Gasteiger partial charge in [0.05, 0.1) is 10.2 Å². The minimum atomic E-state index is -0.273. The molecule has 1 aliphatic heterocycles. The quantitative estimate of drug-likeness (QED) is 0.648. The number of aromatic nitrogens is 1. The van der Waals surface area contributed by atoms with Crippen molar-refractivity contribution < 1.29 is 9.18 Å². The van der Waals surface area contributed by atoms with E-state index < -0.39 is 0 Å². The van der Waals surface area contributed by atoms with Crippen LogP contribution in [0, 0.1) is 5.82 Å². The SMILES string of the molecule is CSc1cccc2sc(N3CCN(C(=O)NCc4ccc(F)cc4)CC3)nc12. The van der Waals surface area contributed by atoms with E-state index in [-0.39, 0.29) is 11.8 Å². The molecule has 0 spiro atoms. The van der Waals surface area contributed by atoms with Gasteiger partial charge in [0.25, 0.3) is 0 Å². The van der Waals surface area contributed by atoms with E-state index >= 15 is 0 Å². The van der Waals surface area contributed by atoms with Gasteiger partial charge in [-0.1, -0.05) is 29.5 Å². The highest BCUT2D eigenvalue weighted by atomic mass is 32.2. The van der Waals surface area contributed by atoms with Crippen LogP contribution in [0.1, 0.15) is 5.56 Å². The summed E-state index contributed by atoms with van der Waals surface area (Å²) in [4.78, 5) is 22.5. The number of urea groups is 1. The molecule has 0 radical (unpaired) electrons. The predicted molar refractivity (Wildman–Crippen MR) is 114 cm³/mol. The molecular formula is C20H21FN4OS2. The van der Waals surface area contributed by atoms with Gasteiger partial charge >= 0.3 is 6.03 Å². The summed E-state index contributed by atoms with van der Waals surface area (Å²) in [6, 6.07) is 12.4. The normalized spacial score (nSPS) is 14.5. The zero-order valence-electron chi connectivity index (χ0n) is 15.5. The zero-order chi connectivity index (χ0) is 19.5. The lowest BCUT2D eigenvalue weighted by Gasteiger charge is -2.34. The molecule has 2 heterocycles. The van der Waals surface area contributed by atoms with E-state index in [0.717, 1.165) is 29.3 Å². The Balaban J connectivity index is 1.34. The molecule has 0 unspecified atom stereocenters. The van der Waals surface area contributed by atoms with Gasteiger partial charge in [-0.05, 0) is 36.1 Å². The summed E-state index contributed by atoms with van der Waals surface area (Å²) in [6.07, 6.45) is 2.07. The van der Waals surface area contributed by atoms with Crippen LogP contribution in [0.15, 0.2) is 47.4 Å². The fourth-order valence-corrected chi connectivity index (χ4v) is 4.88. The summed E-state index contributed by atoms with van der Waals surface area (Å²) in [5.74, 6) is -0.273. The number of amides is 2. The predicted octanol–water partition coefficient (Wildman–Crippen LogP) is 4.19. The number of hydrogen-bond donors (Lipinski definition) is 1. The van der Waals surface area contributed by atoms with Crippen LogP contribution >= 0.6 is 23.1 Å². The highest BCUT2D eigenvalue weighted by Crippen LogP contribution is 2.34. The van der Waals surface area contributed by atoms with Crippen LogP contribution < -0.4 is 10.2 Å². The summed E-state index contributed by atoms with van der Waals surface area (Å²) >= 11 is 3.41. The topological polar surface area (TPSA) is 48.5 Å². The van der Waals surface area contributed by atoms with E-state index in [4.69, 9.17) is 4.98 Å². The van der Waals surface area contributed by atoms with Gasteiger partial charge in [0.2, 0.25) is 0 Å². The molecule has 146 valence electrons. The molecule has 0 saturated carbocycles. The van der Waals surface area contributed by atoms with Crippen molar-refractivity contribution in [3.63, 3.8) is 0 Å². The van der Waals surface area contributed by atoms with Gasteiger partial charge in [-0.2, -0.15) is 0 Å². The minimum Gasteiger partial charge on any atom is -0.345 e. The van der Waals surface area contributed by atoms with Gasteiger partial charge < -0.3 is 15.1 Å². The summed E-state index contributed by atoms with van der Waals surface area (Å²) in [5.41, 5.74) is 1.95. The van der Waals surface area contributed by atoms with Crippen LogP contribution in [-0.2, 0) is 6.54 Å². The van der Waals surface area contributed by atoms with Crippen molar-refractivity contribution in [2.75, 3.05) is 37.3 Å². The number of benzene rings is 2. The number of hydrogen-bond acceptors (Lipinski definition) is 5. The van der Waals surface area contributed by atoms with Crippen LogP contribution in [0.2, 0.25) is 0 Å². The Morgan fingerprint density at radius 1 is 1.18 bits per heavy atom. The summed E-state index contributed by atoms with van der Waals surface area (Å²) < 4.78 is 14.2. The van der Waals surface area contributed by atoms with Crippen LogP contribution in [0.5, 0.6) is 0 Å². The Hall–Kier alpha value is -2.32. The van der Waals surface area contributed by atoms with Crippen LogP contribution in [0.4, 0.5) is 14.3 Å². The number of rotatable bonds is 4. The first-order chi connectivity index (χ1) is 13.6. The maximum atomic E-state index is 13.0. The van der Waals surface area contributed by atoms with Gasteiger partial charge in [0, 0.05) is 37.6 Å². The Bertz CT molecular complexity index is 968. The number of para-hydroxylation sites is 1. The molecule has 1 aromatic heterocycles. The number of carbonyl (C=O) groups excluding carboxylic acids is 1. The average Bonchev–Trinajstić information content (AvgIpc) is 3.17. The highest BCUT2D eigenvalue weighted by Gasteiger charge is 2.23. The molecular weight excluding hydrogens is 395 g/mol. The molecule has 0 bridgehead atoms. The second kappa shape index (κ2) is 8.36. The standard InChI is InChI=1S/C20H21FN4OS2/c1-27-16-3-2-4-17-18(16)23-20(28-17)25-11-9-24(10-12-25)19(26)22-13-14-5-7-15(21)8-6-14/h2-8H,9-13H2,1H3,(H,22,26). The molecule has 0 aliphatic carbocycles. The number of thiazole rings is 1. The Labute approximate surface area is 171 Å². The lowest BCUT2D eigenvalue weighted by Crippen LogP contribution is -2.51. The lowest BCUT2D eigenvalue weighted by atomic mass is 10.2. The first-order valence-corrected chi connectivity index (χ1v) is 11.1. The molecule has 28 heavy (non-hydrogen) atoms. The van der Waals surface area contributed by atoms with E-state index in [1.54, 1.807) is 35.2 Å². The first-order valence-electron chi connectivity index (χ1n) is 9.10. The molecule has 1 aliphatic rings. The fraction of sp³-hybridized carbons (Fsp3) is 0.300. The highest BCUT2D eigenvalue weighted by molar-refractivity contribution is 7.98. The molecule has 4 rings (SSSR count). The smallest absolute Gasteiger partial charge is 0.317 e. The molecule has 1 fully saturated rings. The molecule has 8 heteroatoms. The average molecular weight is 417 g/mol. The monoisotopic (exact) mass is 416 g/mol. The van der Waals surface area contributed by atoms with E-state index in [0.29, 0.717) is 19.6 Å². The summed E-state index contributed by atoms with van der Waals surface area (Å²) in [6.45, 7) is 3.23. The van der Waals surface area contributed by atoms with Gasteiger partial charge in [0.15, 0.2) is 5.13 Å². The number of nitrogens with zero attached hydrogens (tertiary/aromatic N) is 3. The van der Waals surface area contributed by atoms with Crippen LogP contribution in [0.25, 0.3) is 10.2 Å². The molecule has 2 aromatic carbocycles. The van der Waals surface area contributed by atoms with Crippen molar-refractivity contribution in [2.24, 2.45) is 0 Å². The Morgan fingerprint density at radius 2 is 1.93 bits per heavy atom. The number of carbonyl (C=O) groups is 1. The molecule has 1 saturated heterocycles. The Morgan fingerprint density at radius 3 is 2.64 bits per heavy atom. The van der Waals surface area contributed by atoms with Crippen molar-refractivity contribution >= 4 is 44.5 Å². The molecule has 5 nitrogen and oxygen atoms in total. The van der Waals surface area contributed by atoms with Crippen LogP contribution in [0.3, 0.4) is 0 Å². The number of halogens is 1. The number of piperazine rings is 1. The molecule has 0 atom stereocenters. The van der Waals surface area contributed by atoms with Crippen LogP contribution in [-0.4, -0.2) is 48.3 Å². The third-order valence-electron chi connectivity index (χ3n) is 4.78. The van der Waals surface area contributed by atoms with E-state index in [1.807, 2.05) is 4.90 Å². The van der Waals surface area contributed by atoms with E-state index in [1.165, 1.54) is 21.7 Å². The number of nitrogens with one attached hydrogen (secondary N) is 1. The minimum absolute atomic E-state index is 0.0852. The first kappa shape index (κ1) is 19.0. The molecule has 2 amide bonds. The van der Waals surface area contributed by atoms with Crippen molar-refractivity contribution in [2.45, 2.75) is 11.4 Å². The van der Waals surface area contributed by atoms with E-state index in [9.17, 15) is 9.18 Å². The van der Waals surface area contributed by atoms with Crippen molar-refractivity contribution in [1.82, 2.24) is 15.2 Å². The lowest BCUT2D eigenvalue weighted by molar-refractivity contribution is 0.194.